The van der Waals surface area contributed by atoms with E-state index in [4.69, 9.17) is 11.1 Å². The highest BCUT2D eigenvalue weighted by Gasteiger charge is 2.08. The maximum atomic E-state index is 9.25. The molecule has 0 saturated carbocycles. The van der Waals surface area contributed by atoms with Crippen LogP contribution in [0.25, 0.3) is 0 Å². The molecule has 3 nitrogen and oxygen atoms in total. The minimum Gasteiger partial charge on any atom is -0.385 e. The second kappa shape index (κ2) is 3.16. The van der Waals surface area contributed by atoms with Gasteiger partial charge >= 0.3 is 0 Å². The van der Waals surface area contributed by atoms with Crippen LogP contribution >= 0.6 is 0 Å². The standard InChI is InChI=1S/C8H10N2O/c9-8(10)7(11)6-4-2-1-3-5-6/h1-5,7,11H,(H3,9,10)/t7-/m0/s1. The van der Waals surface area contributed by atoms with Crippen molar-refractivity contribution in [3.8, 4) is 0 Å². The molecule has 1 atom stereocenters. The lowest BCUT2D eigenvalue weighted by molar-refractivity contribution is 0.245. The third-order valence-corrected chi connectivity index (χ3v) is 1.41. The summed E-state index contributed by atoms with van der Waals surface area (Å²) in [4.78, 5) is 0. The number of benzene rings is 1. The third kappa shape index (κ3) is 1.78. The maximum Gasteiger partial charge on any atom is 0.135 e. The first-order valence-electron chi connectivity index (χ1n) is 3.28. The Labute approximate surface area is 65.0 Å². The number of nitrogens with one attached hydrogen (secondary N) is 1. The second-order valence-electron chi connectivity index (χ2n) is 2.27. The summed E-state index contributed by atoms with van der Waals surface area (Å²) in [6, 6.07) is 8.89. The van der Waals surface area contributed by atoms with Crippen molar-refractivity contribution in [2.75, 3.05) is 0 Å². The molecule has 1 aromatic carbocycles. The summed E-state index contributed by atoms with van der Waals surface area (Å²) in [5, 5.41) is 16.2. The zero-order chi connectivity index (χ0) is 8.27. The highest BCUT2D eigenvalue weighted by molar-refractivity contribution is 5.82. The molecule has 11 heavy (non-hydrogen) atoms. The number of nitrogens with two attached hydrogens (primary N) is 1. The first-order valence-corrected chi connectivity index (χ1v) is 3.28. The van der Waals surface area contributed by atoms with Crippen LogP contribution in [-0.2, 0) is 0 Å². The van der Waals surface area contributed by atoms with Gasteiger partial charge < -0.3 is 10.8 Å². The van der Waals surface area contributed by atoms with Crippen molar-refractivity contribution >= 4 is 5.84 Å². The van der Waals surface area contributed by atoms with Gasteiger partial charge in [0.15, 0.2) is 0 Å². The average Bonchev–Trinajstić information content (AvgIpc) is 2.05. The Morgan fingerprint density at radius 1 is 1.36 bits per heavy atom. The Bertz CT molecular complexity index is 246. The molecule has 0 aliphatic heterocycles. The van der Waals surface area contributed by atoms with Crippen molar-refractivity contribution in [3.05, 3.63) is 35.9 Å². The van der Waals surface area contributed by atoms with Crippen LogP contribution in [0.2, 0.25) is 0 Å². The number of amidine groups is 1. The Morgan fingerprint density at radius 2 is 1.91 bits per heavy atom. The van der Waals surface area contributed by atoms with Gasteiger partial charge in [-0.1, -0.05) is 30.3 Å². The molecular formula is C8H10N2O. The molecule has 0 bridgehead atoms. The van der Waals surface area contributed by atoms with E-state index in [-0.39, 0.29) is 5.84 Å². The average molecular weight is 150 g/mol. The monoisotopic (exact) mass is 150 g/mol. The molecule has 0 spiro atoms. The summed E-state index contributed by atoms with van der Waals surface area (Å²) in [5.41, 5.74) is 5.75. The van der Waals surface area contributed by atoms with E-state index in [9.17, 15) is 5.11 Å². The van der Waals surface area contributed by atoms with Gasteiger partial charge in [0.2, 0.25) is 0 Å². The number of hydrogen-bond acceptors (Lipinski definition) is 2. The Kier molecular flexibility index (Phi) is 2.23. The van der Waals surface area contributed by atoms with Gasteiger partial charge in [-0.05, 0) is 5.56 Å². The van der Waals surface area contributed by atoms with E-state index in [0.717, 1.165) is 0 Å². The summed E-state index contributed by atoms with van der Waals surface area (Å²) >= 11 is 0. The van der Waals surface area contributed by atoms with Gasteiger partial charge in [-0.15, -0.1) is 0 Å². The van der Waals surface area contributed by atoms with E-state index in [2.05, 4.69) is 0 Å². The molecule has 0 unspecified atom stereocenters. The van der Waals surface area contributed by atoms with Gasteiger partial charge in [0.25, 0.3) is 0 Å². The van der Waals surface area contributed by atoms with E-state index in [1.807, 2.05) is 6.07 Å². The number of hydrogen-bond donors (Lipinski definition) is 3. The lowest BCUT2D eigenvalue weighted by Gasteiger charge is -2.07. The fourth-order valence-corrected chi connectivity index (χ4v) is 0.815. The van der Waals surface area contributed by atoms with Crippen LogP contribution in [0, 0.1) is 5.41 Å². The number of aliphatic hydroxyl groups is 1. The fraction of sp³-hybridized carbons (Fsp3) is 0.125. The van der Waals surface area contributed by atoms with Crippen molar-refractivity contribution in [1.29, 1.82) is 5.41 Å². The molecular weight excluding hydrogens is 140 g/mol. The topological polar surface area (TPSA) is 70.1 Å². The van der Waals surface area contributed by atoms with E-state index < -0.39 is 6.10 Å². The van der Waals surface area contributed by atoms with Crippen LogP contribution < -0.4 is 5.73 Å². The Balaban J connectivity index is 2.85. The molecule has 0 aromatic heterocycles. The van der Waals surface area contributed by atoms with Crippen molar-refractivity contribution in [2.45, 2.75) is 6.10 Å². The van der Waals surface area contributed by atoms with Crippen molar-refractivity contribution in [1.82, 2.24) is 0 Å². The molecule has 0 radical (unpaired) electrons. The highest BCUT2D eigenvalue weighted by atomic mass is 16.3. The minimum absolute atomic E-state index is 0.226. The van der Waals surface area contributed by atoms with Gasteiger partial charge in [0, 0.05) is 0 Å². The van der Waals surface area contributed by atoms with Crippen molar-refractivity contribution < 1.29 is 5.11 Å². The summed E-state index contributed by atoms with van der Waals surface area (Å²) in [6.07, 6.45) is -0.962. The summed E-state index contributed by atoms with van der Waals surface area (Å²) < 4.78 is 0. The lowest BCUT2D eigenvalue weighted by Crippen LogP contribution is -2.19. The molecule has 58 valence electrons. The molecule has 0 amide bonds. The summed E-state index contributed by atoms with van der Waals surface area (Å²) in [5.74, 6) is -0.226. The quantitative estimate of drug-likeness (QED) is 0.428. The molecule has 0 saturated heterocycles. The lowest BCUT2D eigenvalue weighted by atomic mass is 10.1. The molecule has 0 fully saturated rings. The van der Waals surface area contributed by atoms with Gasteiger partial charge in [-0.3, -0.25) is 5.41 Å². The first kappa shape index (κ1) is 7.75. The van der Waals surface area contributed by atoms with Crippen LogP contribution in [0.5, 0.6) is 0 Å². The number of aliphatic hydroxyl groups excluding tert-OH is 1. The molecule has 0 heterocycles. The van der Waals surface area contributed by atoms with Gasteiger partial charge in [0.05, 0.1) is 0 Å². The van der Waals surface area contributed by atoms with E-state index in [1.165, 1.54) is 0 Å². The normalized spacial score (nSPS) is 12.5. The van der Waals surface area contributed by atoms with Gasteiger partial charge in [0.1, 0.15) is 11.9 Å². The molecule has 0 aliphatic rings. The molecule has 0 aliphatic carbocycles. The van der Waals surface area contributed by atoms with Crippen LogP contribution in [0.1, 0.15) is 11.7 Å². The smallest absolute Gasteiger partial charge is 0.135 e. The molecule has 1 aromatic rings. The van der Waals surface area contributed by atoms with E-state index >= 15 is 0 Å². The van der Waals surface area contributed by atoms with Crippen LogP contribution in [0.15, 0.2) is 30.3 Å². The molecule has 4 N–H and O–H groups in total. The van der Waals surface area contributed by atoms with Crippen LogP contribution in [-0.4, -0.2) is 10.9 Å². The van der Waals surface area contributed by atoms with E-state index in [1.54, 1.807) is 24.3 Å². The SMILES string of the molecule is N=C(N)[C@@H](O)c1ccccc1. The predicted octanol–water partition coefficient (Wildman–Crippen LogP) is 0.656. The predicted molar refractivity (Wildman–Crippen MR) is 43.3 cm³/mol. The largest absolute Gasteiger partial charge is 0.385 e. The highest BCUT2D eigenvalue weighted by Crippen LogP contribution is 2.10. The maximum absolute atomic E-state index is 9.25. The van der Waals surface area contributed by atoms with Gasteiger partial charge in [-0.25, -0.2) is 0 Å². The zero-order valence-corrected chi connectivity index (χ0v) is 5.99. The Hall–Kier alpha value is -1.35. The second-order valence-corrected chi connectivity index (χ2v) is 2.27. The Morgan fingerprint density at radius 3 is 2.36 bits per heavy atom. The van der Waals surface area contributed by atoms with Crippen molar-refractivity contribution in [3.63, 3.8) is 0 Å². The molecule has 1 rings (SSSR count). The first-order chi connectivity index (χ1) is 5.22. The zero-order valence-electron chi connectivity index (χ0n) is 5.99. The van der Waals surface area contributed by atoms with E-state index in [0.29, 0.717) is 5.56 Å². The third-order valence-electron chi connectivity index (χ3n) is 1.41. The van der Waals surface area contributed by atoms with Crippen molar-refractivity contribution in [2.24, 2.45) is 5.73 Å². The molecule has 3 heteroatoms. The van der Waals surface area contributed by atoms with Crippen LogP contribution in [0.4, 0.5) is 0 Å². The fourth-order valence-electron chi connectivity index (χ4n) is 0.815. The van der Waals surface area contributed by atoms with Gasteiger partial charge in [-0.2, -0.15) is 0 Å². The number of rotatable bonds is 2. The van der Waals surface area contributed by atoms with Crippen LogP contribution in [0.3, 0.4) is 0 Å². The summed E-state index contributed by atoms with van der Waals surface area (Å²) in [6.45, 7) is 0. The minimum atomic E-state index is -0.962. The summed E-state index contributed by atoms with van der Waals surface area (Å²) in [7, 11) is 0.